The molecule has 1 N–H and O–H groups in total. The average Bonchev–Trinajstić information content (AvgIpc) is 3.04. The molecule has 4 aromatic rings. The normalized spacial score (nSPS) is 11.9. The molecule has 236 valence electrons. The third kappa shape index (κ3) is 8.96. The van der Waals surface area contributed by atoms with Crippen LogP contribution in [0, 0.1) is 13.8 Å². The van der Waals surface area contributed by atoms with Gasteiger partial charge in [-0.15, -0.1) is 0 Å². The molecule has 7 nitrogen and oxygen atoms in total. The van der Waals surface area contributed by atoms with Crippen LogP contribution in [-0.2, 0) is 32.6 Å². The van der Waals surface area contributed by atoms with Gasteiger partial charge in [-0.2, -0.15) is 0 Å². The number of nitrogens with one attached hydrogen (secondary N) is 1. The van der Waals surface area contributed by atoms with Gasteiger partial charge in [-0.25, -0.2) is 8.42 Å². The number of unbranched alkanes of at least 4 members (excludes halogenated alkanes) is 1. The average molecular weight is 646 g/mol. The molecule has 0 saturated heterocycles. The van der Waals surface area contributed by atoms with E-state index in [-0.39, 0.29) is 29.5 Å². The zero-order valence-corrected chi connectivity index (χ0v) is 27.5. The maximum absolute atomic E-state index is 14.5. The second kappa shape index (κ2) is 15.7. The van der Waals surface area contributed by atoms with Crippen LogP contribution < -0.4 is 9.62 Å². The van der Waals surface area contributed by atoms with Gasteiger partial charge in [0.2, 0.25) is 11.8 Å². The third-order valence-electron chi connectivity index (χ3n) is 7.63. The predicted octanol–water partition coefficient (Wildman–Crippen LogP) is 6.71. The second-order valence-corrected chi connectivity index (χ2v) is 13.4. The van der Waals surface area contributed by atoms with Gasteiger partial charge in [0.25, 0.3) is 10.0 Å². The molecule has 0 aliphatic carbocycles. The number of benzene rings is 4. The number of halogens is 1. The SMILES string of the molecule is CCCCNC(=O)[C@@H](Cc1ccccc1)N(Cc1ccccc1)C(=O)CN(c1ccc(C)c(Cl)c1)S(=O)(=O)c1ccc(C)cc1. The Bertz CT molecular complexity index is 1680. The minimum absolute atomic E-state index is 0.0466. The van der Waals surface area contributed by atoms with Crippen LogP contribution >= 0.6 is 11.6 Å². The summed E-state index contributed by atoms with van der Waals surface area (Å²) in [4.78, 5) is 29.8. The van der Waals surface area contributed by atoms with Gasteiger partial charge in [0.05, 0.1) is 10.6 Å². The highest BCUT2D eigenvalue weighted by atomic mass is 35.5. The van der Waals surface area contributed by atoms with E-state index in [0.717, 1.165) is 39.4 Å². The van der Waals surface area contributed by atoms with Crippen LogP contribution in [0.15, 0.2) is 108 Å². The van der Waals surface area contributed by atoms with Crippen molar-refractivity contribution in [2.24, 2.45) is 0 Å². The summed E-state index contributed by atoms with van der Waals surface area (Å²) < 4.78 is 29.4. The van der Waals surface area contributed by atoms with Crippen molar-refractivity contribution < 1.29 is 18.0 Å². The Labute approximate surface area is 271 Å². The highest BCUT2D eigenvalue weighted by molar-refractivity contribution is 7.92. The largest absolute Gasteiger partial charge is 0.354 e. The zero-order chi connectivity index (χ0) is 32.4. The van der Waals surface area contributed by atoms with E-state index in [0.29, 0.717) is 11.6 Å². The summed E-state index contributed by atoms with van der Waals surface area (Å²) in [5.41, 5.74) is 3.63. The maximum atomic E-state index is 14.5. The molecule has 9 heteroatoms. The van der Waals surface area contributed by atoms with Crippen LogP contribution in [0.5, 0.6) is 0 Å². The lowest BCUT2D eigenvalue weighted by Crippen LogP contribution is -2.53. The fourth-order valence-corrected chi connectivity index (χ4v) is 6.52. The molecule has 0 aromatic heterocycles. The maximum Gasteiger partial charge on any atom is 0.264 e. The highest BCUT2D eigenvalue weighted by Crippen LogP contribution is 2.29. The molecule has 0 unspecified atom stereocenters. The third-order valence-corrected chi connectivity index (χ3v) is 9.82. The van der Waals surface area contributed by atoms with Crippen LogP contribution in [0.4, 0.5) is 5.69 Å². The molecule has 0 spiro atoms. The van der Waals surface area contributed by atoms with Crippen molar-refractivity contribution in [2.75, 3.05) is 17.4 Å². The van der Waals surface area contributed by atoms with E-state index in [9.17, 15) is 18.0 Å². The summed E-state index contributed by atoms with van der Waals surface area (Å²) in [6, 6.07) is 29.4. The number of hydrogen-bond acceptors (Lipinski definition) is 4. The number of carbonyl (C=O) groups is 2. The topological polar surface area (TPSA) is 86.8 Å². The molecule has 45 heavy (non-hydrogen) atoms. The molecular formula is C36H40ClN3O4S. The minimum Gasteiger partial charge on any atom is -0.354 e. The molecule has 0 bridgehead atoms. The van der Waals surface area contributed by atoms with Gasteiger partial charge in [0.15, 0.2) is 0 Å². The lowest BCUT2D eigenvalue weighted by molar-refractivity contribution is -0.140. The van der Waals surface area contributed by atoms with E-state index in [1.54, 1.807) is 30.3 Å². The smallest absolute Gasteiger partial charge is 0.264 e. The van der Waals surface area contributed by atoms with E-state index in [1.165, 1.54) is 17.0 Å². The Hall–Kier alpha value is -4.14. The Balaban J connectivity index is 1.79. The van der Waals surface area contributed by atoms with Crippen molar-refractivity contribution >= 4 is 39.1 Å². The standard InChI is InChI=1S/C36H40ClN3O4S/c1-4-5-22-38-36(42)34(23-29-12-8-6-9-13-29)39(25-30-14-10-7-11-15-30)35(41)26-40(31-19-18-28(3)33(37)24-31)45(43,44)32-20-16-27(2)17-21-32/h6-21,24,34H,4-5,22-23,25-26H2,1-3H3,(H,38,42)/t34-/m1/s1. The van der Waals surface area contributed by atoms with Crippen LogP contribution in [0.2, 0.25) is 5.02 Å². The van der Waals surface area contributed by atoms with Crippen molar-refractivity contribution in [1.82, 2.24) is 10.2 Å². The number of sulfonamides is 1. The van der Waals surface area contributed by atoms with E-state index < -0.39 is 28.5 Å². The second-order valence-electron chi connectivity index (χ2n) is 11.1. The molecule has 2 amide bonds. The summed E-state index contributed by atoms with van der Waals surface area (Å²) in [5, 5.41) is 3.38. The van der Waals surface area contributed by atoms with Crippen molar-refractivity contribution in [3.63, 3.8) is 0 Å². The quantitative estimate of drug-likeness (QED) is 0.155. The molecule has 0 aliphatic rings. The van der Waals surface area contributed by atoms with Gasteiger partial charge in [0, 0.05) is 24.5 Å². The molecular weight excluding hydrogens is 606 g/mol. The number of nitrogens with zero attached hydrogens (tertiary/aromatic N) is 2. The van der Waals surface area contributed by atoms with Crippen LogP contribution in [0.3, 0.4) is 0 Å². The van der Waals surface area contributed by atoms with Gasteiger partial charge in [-0.1, -0.05) is 109 Å². The fraction of sp³-hybridized carbons (Fsp3) is 0.278. The van der Waals surface area contributed by atoms with Gasteiger partial charge in [-0.05, 0) is 61.2 Å². The molecule has 4 rings (SSSR count). The number of aryl methyl sites for hydroxylation is 2. The Morgan fingerprint density at radius 3 is 2.07 bits per heavy atom. The molecule has 0 fully saturated rings. The highest BCUT2D eigenvalue weighted by Gasteiger charge is 2.34. The van der Waals surface area contributed by atoms with Gasteiger partial charge < -0.3 is 10.2 Å². The first-order chi connectivity index (χ1) is 21.6. The van der Waals surface area contributed by atoms with Crippen molar-refractivity contribution in [3.05, 3.63) is 130 Å². The molecule has 4 aromatic carbocycles. The Morgan fingerprint density at radius 1 is 0.844 bits per heavy atom. The number of carbonyl (C=O) groups excluding carboxylic acids is 2. The summed E-state index contributed by atoms with van der Waals surface area (Å²) in [6.07, 6.45) is 1.97. The Morgan fingerprint density at radius 2 is 1.47 bits per heavy atom. The van der Waals surface area contributed by atoms with E-state index in [1.807, 2.05) is 81.4 Å². The minimum atomic E-state index is -4.20. The van der Waals surface area contributed by atoms with Crippen molar-refractivity contribution in [3.8, 4) is 0 Å². The summed E-state index contributed by atoms with van der Waals surface area (Å²) >= 11 is 6.45. The number of anilines is 1. The zero-order valence-electron chi connectivity index (χ0n) is 25.9. The summed E-state index contributed by atoms with van der Waals surface area (Å²) in [6.45, 7) is 5.80. The molecule has 0 radical (unpaired) electrons. The number of hydrogen-bond donors (Lipinski definition) is 1. The molecule has 0 saturated carbocycles. The molecule has 0 heterocycles. The summed E-state index contributed by atoms with van der Waals surface area (Å²) in [5.74, 6) is -0.805. The van der Waals surface area contributed by atoms with Gasteiger partial charge in [-0.3, -0.25) is 13.9 Å². The predicted molar refractivity (Wildman–Crippen MR) is 181 cm³/mol. The lowest BCUT2D eigenvalue weighted by Gasteiger charge is -2.34. The van der Waals surface area contributed by atoms with Crippen molar-refractivity contribution in [2.45, 2.75) is 57.5 Å². The first-order valence-electron chi connectivity index (χ1n) is 15.1. The molecule has 0 aliphatic heterocycles. The van der Waals surface area contributed by atoms with Gasteiger partial charge in [0.1, 0.15) is 12.6 Å². The van der Waals surface area contributed by atoms with Crippen LogP contribution in [0.1, 0.15) is 42.0 Å². The van der Waals surface area contributed by atoms with Crippen LogP contribution in [0.25, 0.3) is 0 Å². The van der Waals surface area contributed by atoms with E-state index in [2.05, 4.69) is 5.32 Å². The first kappa shape index (κ1) is 33.7. The number of amides is 2. The number of rotatable bonds is 14. The lowest BCUT2D eigenvalue weighted by atomic mass is 10.0. The van der Waals surface area contributed by atoms with Gasteiger partial charge >= 0.3 is 0 Å². The van der Waals surface area contributed by atoms with Crippen molar-refractivity contribution in [1.29, 1.82) is 0 Å². The Kier molecular flexibility index (Phi) is 11.8. The summed E-state index contributed by atoms with van der Waals surface area (Å²) in [7, 11) is -4.20. The first-order valence-corrected chi connectivity index (χ1v) is 16.9. The van der Waals surface area contributed by atoms with E-state index >= 15 is 0 Å². The molecule has 1 atom stereocenters. The monoisotopic (exact) mass is 645 g/mol. The fourth-order valence-electron chi connectivity index (χ4n) is 4.94. The van der Waals surface area contributed by atoms with E-state index in [4.69, 9.17) is 11.6 Å². The van der Waals surface area contributed by atoms with Crippen LogP contribution in [-0.4, -0.2) is 44.3 Å².